The topological polar surface area (TPSA) is 103 Å². The van der Waals surface area contributed by atoms with Gasteiger partial charge in [-0.3, -0.25) is 14.9 Å². The number of rotatable bonds is 4. The summed E-state index contributed by atoms with van der Waals surface area (Å²) in [5.41, 5.74) is -1.50. The zero-order chi connectivity index (χ0) is 14.8. The number of alkyl halides is 3. The number of aliphatic carboxylic acids is 1. The number of hydrogen-bond acceptors (Lipinski definition) is 5. The van der Waals surface area contributed by atoms with Crippen molar-refractivity contribution in [1.82, 2.24) is 4.98 Å². The van der Waals surface area contributed by atoms with Gasteiger partial charge in [-0.05, 0) is 6.92 Å². The average molecular weight is 280 g/mol. The molecule has 0 radical (unpaired) electrons. The van der Waals surface area contributed by atoms with Crippen molar-refractivity contribution in [3.8, 4) is 5.88 Å². The lowest BCUT2D eigenvalue weighted by Crippen LogP contribution is -2.19. The van der Waals surface area contributed by atoms with Gasteiger partial charge in [-0.2, -0.15) is 0 Å². The number of carboxylic acids is 1. The molecule has 19 heavy (non-hydrogen) atoms. The molecule has 0 fully saturated rings. The molecule has 0 aromatic carbocycles. The van der Waals surface area contributed by atoms with E-state index < -0.39 is 40.9 Å². The number of halogens is 3. The minimum atomic E-state index is -5.02. The predicted molar refractivity (Wildman–Crippen MR) is 53.7 cm³/mol. The standard InChI is InChI=1S/C9H7F3N2O5/c1-4-2-6(14(17)18)5(3-7(15)16)13-8(4)19-9(10,11)12/h2H,3H2,1H3,(H,15,16). The van der Waals surface area contributed by atoms with Crippen LogP contribution in [-0.2, 0) is 11.2 Å². The molecule has 7 nitrogen and oxygen atoms in total. The van der Waals surface area contributed by atoms with E-state index in [9.17, 15) is 28.1 Å². The van der Waals surface area contributed by atoms with Crippen molar-refractivity contribution >= 4 is 11.7 Å². The van der Waals surface area contributed by atoms with E-state index in [0.717, 1.165) is 13.0 Å². The van der Waals surface area contributed by atoms with Gasteiger partial charge >= 0.3 is 12.3 Å². The van der Waals surface area contributed by atoms with Crippen LogP contribution in [0.1, 0.15) is 11.3 Å². The second-order valence-electron chi connectivity index (χ2n) is 3.45. The van der Waals surface area contributed by atoms with Crippen molar-refractivity contribution in [2.45, 2.75) is 19.7 Å². The minimum Gasteiger partial charge on any atom is -0.481 e. The molecule has 1 aromatic rings. The molecule has 0 spiro atoms. The van der Waals surface area contributed by atoms with Crippen molar-refractivity contribution in [1.29, 1.82) is 0 Å². The van der Waals surface area contributed by atoms with Crippen molar-refractivity contribution in [2.24, 2.45) is 0 Å². The van der Waals surface area contributed by atoms with E-state index in [0.29, 0.717) is 0 Å². The lowest BCUT2D eigenvalue weighted by molar-refractivity contribution is -0.386. The molecular formula is C9H7F3N2O5. The van der Waals surface area contributed by atoms with Crippen LogP contribution in [0.3, 0.4) is 0 Å². The Balaban J connectivity index is 3.29. The molecule has 0 unspecified atom stereocenters. The number of pyridine rings is 1. The second-order valence-corrected chi connectivity index (χ2v) is 3.45. The summed E-state index contributed by atoms with van der Waals surface area (Å²) in [7, 11) is 0. The first-order chi connectivity index (χ1) is 8.60. The third-order valence-corrected chi connectivity index (χ3v) is 1.95. The lowest BCUT2D eigenvalue weighted by atomic mass is 10.2. The first kappa shape index (κ1) is 14.7. The van der Waals surface area contributed by atoms with Gasteiger partial charge in [0.2, 0.25) is 5.88 Å². The number of aromatic nitrogens is 1. The van der Waals surface area contributed by atoms with E-state index in [-0.39, 0.29) is 5.56 Å². The highest BCUT2D eigenvalue weighted by Crippen LogP contribution is 2.29. The Hall–Kier alpha value is -2.39. The number of hydrogen-bond donors (Lipinski definition) is 1. The molecule has 1 aromatic heterocycles. The average Bonchev–Trinajstić information content (AvgIpc) is 2.19. The van der Waals surface area contributed by atoms with E-state index in [1.165, 1.54) is 0 Å². The third-order valence-electron chi connectivity index (χ3n) is 1.95. The van der Waals surface area contributed by atoms with E-state index in [1.54, 1.807) is 0 Å². The van der Waals surface area contributed by atoms with Gasteiger partial charge in [-0.1, -0.05) is 0 Å². The van der Waals surface area contributed by atoms with Gasteiger partial charge < -0.3 is 9.84 Å². The zero-order valence-electron chi connectivity index (χ0n) is 9.39. The van der Waals surface area contributed by atoms with Crippen LogP contribution in [0, 0.1) is 17.0 Å². The fraction of sp³-hybridized carbons (Fsp3) is 0.333. The van der Waals surface area contributed by atoms with Crippen LogP contribution < -0.4 is 4.74 Å². The SMILES string of the molecule is Cc1cc([N+](=O)[O-])c(CC(=O)O)nc1OC(F)(F)F. The Kier molecular flexibility index (Phi) is 3.92. The maximum atomic E-state index is 12.1. The fourth-order valence-corrected chi connectivity index (χ4v) is 1.26. The van der Waals surface area contributed by atoms with Crippen LogP contribution in [0.25, 0.3) is 0 Å². The summed E-state index contributed by atoms with van der Waals surface area (Å²) in [5.74, 6) is -2.37. The van der Waals surface area contributed by atoms with Gasteiger partial charge in [-0.25, -0.2) is 4.98 Å². The smallest absolute Gasteiger partial charge is 0.481 e. The van der Waals surface area contributed by atoms with Crippen LogP contribution in [-0.4, -0.2) is 27.3 Å². The lowest BCUT2D eigenvalue weighted by Gasteiger charge is -2.11. The maximum Gasteiger partial charge on any atom is 0.574 e. The number of carboxylic acid groups (broad SMARTS) is 1. The molecule has 0 aliphatic carbocycles. The van der Waals surface area contributed by atoms with E-state index in [4.69, 9.17) is 5.11 Å². The number of nitrogens with zero attached hydrogens (tertiary/aromatic N) is 2. The quantitative estimate of drug-likeness (QED) is 0.666. The summed E-state index contributed by atoms with van der Waals surface area (Å²) in [6.07, 6.45) is -5.90. The molecule has 0 aliphatic rings. The van der Waals surface area contributed by atoms with Crippen LogP contribution in [0.15, 0.2) is 6.07 Å². The highest BCUT2D eigenvalue weighted by atomic mass is 19.4. The predicted octanol–water partition coefficient (Wildman–Crippen LogP) is 1.82. The fourth-order valence-electron chi connectivity index (χ4n) is 1.26. The highest BCUT2D eigenvalue weighted by molar-refractivity contribution is 5.71. The van der Waals surface area contributed by atoms with Crippen LogP contribution in [0.5, 0.6) is 5.88 Å². The maximum absolute atomic E-state index is 12.1. The highest BCUT2D eigenvalue weighted by Gasteiger charge is 2.33. The van der Waals surface area contributed by atoms with Crippen LogP contribution in [0.4, 0.5) is 18.9 Å². The number of ether oxygens (including phenoxy) is 1. The van der Waals surface area contributed by atoms with Gasteiger partial charge in [0.25, 0.3) is 5.69 Å². The van der Waals surface area contributed by atoms with Gasteiger partial charge in [0.05, 0.1) is 11.3 Å². The van der Waals surface area contributed by atoms with Crippen molar-refractivity contribution < 1.29 is 32.7 Å². The molecule has 0 bridgehead atoms. The number of aryl methyl sites for hydroxylation is 1. The summed E-state index contributed by atoms with van der Waals surface area (Å²) >= 11 is 0. The molecule has 0 aliphatic heterocycles. The Bertz CT molecular complexity index is 529. The minimum absolute atomic E-state index is 0.224. The summed E-state index contributed by atoms with van der Waals surface area (Å²) in [6.45, 7) is 1.13. The van der Waals surface area contributed by atoms with E-state index in [1.807, 2.05) is 0 Å². The van der Waals surface area contributed by atoms with E-state index >= 15 is 0 Å². The third kappa shape index (κ3) is 4.08. The van der Waals surface area contributed by atoms with Crippen molar-refractivity contribution in [2.75, 3.05) is 0 Å². The first-order valence-corrected chi connectivity index (χ1v) is 4.72. The summed E-state index contributed by atoms with van der Waals surface area (Å²) in [4.78, 5) is 23.5. The molecule has 0 atom stereocenters. The van der Waals surface area contributed by atoms with Crippen molar-refractivity contribution in [3.63, 3.8) is 0 Å². The zero-order valence-corrected chi connectivity index (χ0v) is 9.39. The van der Waals surface area contributed by atoms with Gasteiger partial charge in [0.1, 0.15) is 5.69 Å². The molecule has 1 N–H and O–H groups in total. The molecule has 10 heteroatoms. The van der Waals surface area contributed by atoms with Gasteiger partial charge in [0, 0.05) is 11.6 Å². The Morgan fingerprint density at radius 3 is 2.58 bits per heavy atom. The molecule has 104 valence electrons. The van der Waals surface area contributed by atoms with Crippen molar-refractivity contribution in [3.05, 3.63) is 27.4 Å². The van der Waals surface area contributed by atoms with Crippen LogP contribution in [0.2, 0.25) is 0 Å². The molecule has 1 heterocycles. The molecule has 0 saturated heterocycles. The number of nitro groups is 1. The monoisotopic (exact) mass is 280 g/mol. The Morgan fingerprint density at radius 2 is 2.16 bits per heavy atom. The van der Waals surface area contributed by atoms with Gasteiger partial charge in [-0.15, -0.1) is 13.2 Å². The van der Waals surface area contributed by atoms with Gasteiger partial charge in [0.15, 0.2) is 0 Å². The molecule has 1 rings (SSSR count). The molecule has 0 saturated carbocycles. The number of carbonyl (C=O) groups is 1. The summed E-state index contributed by atoms with van der Waals surface area (Å²) in [5, 5.41) is 19.2. The summed E-state index contributed by atoms with van der Waals surface area (Å²) < 4.78 is 39.7. The van der Waals surface area contributed by atoms with E-state index in [2.05, 4.69) is 9.72 Å². The Morgan fingerprint density at radius 1 is 1.58 bits per heavy atom. The molecular weight excluding hydrogens is 273 g/mol. The second kappa shape index (κ2) is 5.08. The summed E-state index contributed by atoms with van der Waals surface area (Å²) in [6, 6.07) is 0.784. The first-order valence-electron chi connectivity index (χ1n) is 4.72. The largest absolute Gasteiger partial charge is 0.574 e. The van der Waals surface area contributed by atoms with Crippen LogP contribution >= 0.6 is 0 Å². The Labute approximate surface area is 103 Å². The normalized spacial score (nSPS) is 11.2. The molecule has 0 amide bonds.